The van der Waals surface area contributed by atoms with Crippen molar-refractivity contribution in [3.8, 4) is 11.3 Å². The largest absolute Gasteiger partial charge is 0.343 e. The van der Waals surface area contributed by atoms with E-state index in [1.54, 1.807) is 12.1 Å². The highest BCUT2D eigenvalue weighted by atomic mass is 16.2. The molecule has 0 aliphatic carbocycles. The van der Waals surface area contributed by atoms with Crippen LogP contribution in [0.25, 0.3) is 11.3 Å². The minimum absolute atomic E-state index is 0.0986. The first-order valence-electron chi connectivity index (χ1n) is 9.77. The van der Waals surface area contributed by atoms with E-state index in [-0.39, 0.29) is 17.4 Å². The van der Waals surface area contributed by atoms with Crippen molar-refractivity contribution >= 4 is 5.91 Å². The summed E-state index contributed by atoms with van der Waals surface area (Å²) >= 11 is 0. The van der Waals surface area contributed by atoms with Crippen LogP contribution in [0.4, 0.5) is 0 Å². The second-order valence-electron chi connectivity index (χ2n) is 6.97. The van der Waals surface area contributed by atoms with Gasteiger partial charge in [-0.15, -0.1) is 0 Å². The Hall–Kier alpha value is -2.47. The van der Waals surface area contributed by atoms with E-state index in [0.29, 0.717) is 6.67 Å². The van der Waals surface area contributed by atoms with E-state index in [1.165, 1.54) is 4.68 Å². The summed E-state index contributed by atoms with van der Waals surface area (Å²) in [6, 6.07) is 13.2. The first-order chi connectivity index (χ1) is 13.1. The molecular formula is C21H28N4O2. The molecule has 1 saturated heterocycles. The van der Waals surface area contributed by atoms with Gasteiger partial charge in [0.15, 0.2) is 0 Å². The molecule has 1 aromatic heterocycles. The number of carbonyl (C=O) groups excluding carboxylic acids is 1. The molecule has 0 bridgehead atoms. The fourth-order valence-corrected chi connectivity index (χ4v) is 3.62. The maximum absolute atomic E-state index is 12.5. The Labute approximate surface area is 160 Å². The van der Waals surface area contributed by atoms with Gasteiger partial charge in [-0.3, -0.25) is 14.5 Å². The molecule has 1 aliphatic rings. The highest BCUT2D eigenvalue weighted by Crippen LogP contribution is 2.20. The lowest BCUT2D eigenvalue weighted by Crippen LogP contribution is -2.44. The van der Waals surface area contributed by atoms with Crippen molar-refractivity contribution in [3.63, 3.8) is 0 Å². The van der Waals surface area contributed by atoms with Crippen molar-refractivity contribution in [2.24, 2.45) is 5.92 Å². The molecule has 0 saturated carbocycles. The van der Waals surface area contributed by atoms with Gasteiger partial charge >= 0.3 is 0 Å². The molecule has 1 aliphatic heterocycles. The van der Waals surface area contributed by atoms with E-state index in [1.807, 2.05) is 49.1 Å². The quantitative estimate of drug-likeness (QED) is 0.786. The standard InChI is InChI=1S/C21H28N4O2/c1-3-24(4-2)21(27)18-12-14-23(15-13-18)16-25-20(26)11-10-19(22-25)17-8-6-5-7-9-17/h5-11,18H,3-4,12-16H2,1-2H3. The van der Waals surface area contributed by atoms with Gasteiger partial charge in [0.05, 0.1) is 12.4 Å². The molecule has 0 radical (unpaired) electrons. The number of benzene rings is 1. The fourth-order valence-electron chi connectivity index (χ4n) is 3.62. The summed E-state index contributed by atoms with van der Waals surface area (Å²) in [5, 5.41) is 4.53. The van der Waals surface area contributed by atoms with Crippen LogP contribution in [0.5, 0.6) is 0 Å². The number of aromatic nitrogens is 2. The van der Waals surface area contributed by atoms with Crippen molar-refractivity contribution in [3.05, 3.63) is 52.8 Å². The Bertz CT molecular complexity index is 806. The Morgan fingerprint density at radius 3 is 2.37 bits per heavy atom. The molecule has 2 aromatic rings. The summed E-state index contributed by atoms with van der Waals surface area (Å²) in [5.41, 5.74) is 1.69. The predicted octanol–water partition coefficient (Wildman–Crippen LogP) is 2.45. The van der Waals surface area contributed by atoms with Gasteiger partial charge in [-0.1, -0.05) is 30.3 Å². The Morgan fingerprint density at radius 1 is 1.07 bits per heavy atom. The molecule has 1 aromatic carbocycles. The molecule has 0 atom stereocenters. The van der Waals surface area contributed by atoms with Crippen molar-refractivity contribution in [1.82, 2.24) is 19.6 Å². The summed E-state index contributed by atoms with van der Waals surface area (Å²) in [6.45, 7) is 7.65. The highest BCUT2D eigenvalue weighted by molar-refractivity contribution is 5.78. The SMILES string of the molecule is CCN(CC)C(=O)C1CCN(Cn2nc(-c3ccccc3)ccc2=O)CC1. The molecule has 6 nitrogen and oxygen atoms in total. The van der Waals surface area contributed by atoms with Crippen molar-refractivity contribution in [2.75, 3.05) is 26.2 Å². The summed E-state index contributed by atoms with van der Waals surface area (Å²) in [5.74, 6) is 0.363. The monoisotopic (exact) mass is 368 g/mol. The first-order valence-corrected chi connectivity index (χ1v) is 9.77. The van der Waals surface area contributed by atoms with Gasteiger partial charge in [0.2, 0.25) is 5.91 Å². The third kappa shape index (κ3) is 4.63. The smallest absolute Gasteiger partial charge is 0.268 e. The van der Waals surface area contributed by atoms with Crippen LogP contribution in [-0.2, 0) is 11.5 Å². The molecule has 0 spiro atoms. The first kappa shape index (κ1) is 19.3. The van der Waals surface area contributed by atoms with Gasteiger partial charge < -0.3 is 4.90 Å². The topological polar surface area (TPSA) is 58.4 Å². The van der Waals surface area contributed by atoms with E-state index >= 15 is 0 Å². The summed E-state index contributed by atoms with van der Waals surface area (Å²) in [7, 11) is 0. The average Bonchev–Trinajstić information content (AvgIpc) is 2.71. The second-order valence-corrected chi connectivity index (χ2v) is 6.97. The minimum atomic E-state index is -0.101. The number of hydrogen-bond donors (Lipinski definition) is 0. The Morgan fingerprint density at radius 2 is 1.74 bits per heavy atom. The third-order valence-corrected chi connectivity index (χ3v) is 5.28. The number of likely N-dealkylation sites (tertiary alicyclic amines) is 1. The normalized spacial score (nSPS) is 15.6. The van der Waals surface area contributed by atoms with E-state index < -0.39 is 0 Å². The van der Waals surface area contributed by atoms with E-state index in [0.717, 1.165) is 50.3 Å². The van der Waals surface area contributed by atoms with Gasteiger partial charge in [0, 0.05) is 43.7 Å². The molecule has 0 N–H and O–H groups in total. The average molecular weight is 368 g/mol. The number of hydrogen-bond acceptors (Lipinski definition) is 4. The molecule has 2 heterocycles. The predicted molar refractivity (Wildman–Crippen MR) is 106 cm³/mol. The van der Waals surface area contributed by atoms with Crippen LogP contribution in [0.3, 0.4) is 0 Å². The molecule has 144 valence electrons. The van der Waals surface area contributed by atoms with Crippen LogP contribution in [0.2, 0.25) is 0 Å². The zero-order valence-electron chi connectivity index (χ0n) is 16.2. The number of rotatable bonds is 6. The number of amides is 1. The molecule has 3 rings (SSSR count). The zero-order chi connectivity index (χ0) is 19.2. The zero-order valence-corrected chi connectivity index (χ0v) is 16.2. The maximum Gasteiger partial charge on any atom is 0.268 e. The summed E-state index contributed by atoms with van der Waals surface area (Å²) in [6.07, 6.45) is 1.67. The third-order valence-electron chi connectivity index (χ3n) is 5.28. The second kappa shape index (κ2) is 8.95. The molecular weight excluding hydrogens is 340 g/mol. The number of nitrogens with zero attached hydrogens (tertiary/aromatic N) is 4. The maximum atomic E-state index is 12.5. The summed E-state index contributed by atoms with van der Waals surface area (Å²) in [4.78, 5) is 28.9. The lowest BCUT2D eigenvalue weighted by Gasteiger charge is -2.33. The van der Waals surface area contributed by atoms with Gasteiger partial charge in [-0.25, -0.2) is 4.68 Å². The highest BCUT2D eigenvalue weighted by Gasteiger charge is 2.27. The van der Waals surface area contributed by atoms with Crippen LogP contribution in [0, 0.1) is 5.92 Å². The fraction of sp³-hybridized carbons (Fsp3) is 0.476. The van der Waals surface area contributed by atoms with Crippen molar-refractivity contribution < 1.29 is 4.79 Å². The minimum Gasteiger partial charge on any atom is -0.343 e. The Balaban J connectivity index is 1.64. The Kier molecular flexibility index (Phi) is 6.40. The van der Waals surface area contributed by atoms with E-state index in [2.05, 4.69) is 10.00 Å². The van der Waals surface area contributed by atoms with Gasteiger partial charge in [-0.2, -0.15) is 5.10 Å². The molecule has 1 amide bonds. The van der Waals surface area contributed by atoms with Crippen LogP contribution in [0.1, 0.15) is 26.7 Å². The van der Waals surface area contributed by atoms with Gasteiger partial charge in [0.1, 0.15) is 0 Å². The molecule has 27 heavy (non-hydrogen) atoms. The number of piperidine rings is 1. The lowest BCUT2D eigenvalue weighted by molar-refractivity contribution is -0.136. The van der Waals surface area contributed by atoms with E-state index in [4.69, 9.17) is 0 Å². The molecule has 0 unspecified atom stereocenters. The molecule has 6 heteroatoms. The van der Waals surface area contributed by atoms with Crippen LogP contribution in [0.15, 0.2) is 47.3 Å². The van der Waals surface area contributed by atoms with Crippen LogP contribution >= 0.6 is 0 Å². The summed E-state index contributed by atoms with van der Waals surface area (Å²) < 4.78 is 1.52. The molecule has 1 fully saturated rings. The van der Waals surface area contributed by atoms with Gasteiger partial charge in [-0.05, 0) is 32.8 Å². The van der Waals surface area contributed by atoms with Gasteiger partial charge in [0.25, 0.3) is 5.56 Å². The van der Waals surface area contributed by atoms with Crippen molar-refractivity contribution in [1.29, 1.82) is 0 Å². The van der Waals surface area contributed by atoms with Crippen LogP contribution < -0.4 is 5.56 Å². The number of carbonyl (C=O) groups is 1. The van der Waals surface area contributed by atoms with Crippen LogP contribution in [-0.4, -0.2) is 51.7 Å². The van der Waals surface area contributed by atoms with E-state index in [9.17, 15) is 9.59 Å². The van der Waals surface area contributed by atoms with Crippen molar-refractivity contribution in [2.45, 2.75) is 33.4 Å². The lowest BCUT2D eigenvalue weighted by atomic mass is 9.95.